The van der Waals surface area contributed by atoms with Crippen molar-refractivity contribution >= 4 is 37.5 Å². The molecule has 0 radical (unpaired) electrons. The number of anilines is 2. The fourth-order valence-corrected chi connectivity index (χ4v) is 8.18. The molecule has 1 saturated heterocycles. The molecule has 176 valence electrons. The molecule has 0 spiro atoms. The predicted octanol–water partition coefficient (Wildman–Crippen LogP) is 3.23. The third-order valence-corrected chi connectivity index (χ3v) is 11.0. The minimum Gasteiger partial charge on any atom is -0.399 e. The molecule has 0 bridgehead atoms. The number of aromatic nitrogens is 2. The smallest absolute Gasteiger partial charge is 0.212 e. The Morgan fingerprint density at radius 1 is 1.15 bits per heavy atom. The first-order chi connectivity index (χ1) is 15.7. The molecule has 3 atom stereocenters. The largest absolute Gasteiger partial charge is 0.399 e. The SMILES string of the molecule is CC1N=C(S(=O)(=O)C2(c3cc(N4CCOC[C@@H]4C)nc(-c4ccc(N)cc4)n3)CC2)SC1C. The van der Waals surface area contributed by atoms with E-state index in [1.54, 1.807) is 12.1 Å². The number of ether oxygens (including phenoxy) is 1. The molecule has 1 aromatic carbocycles. The van der Waals surface area contributed by atoms with Crippen molar-refractivity contribution < 1.29 is 13.2 Å². The summed E-state index contributed by atoms with van der Waals surface area (Å²) in [6.45, 7) is 7.96. The molecule has 0 amide bonds. The van der Waals surface area contributed by atoms with Crippen LogP contribution in [0.25, 0.3) is 11.4 Å². The van der Waals surface area contributed by atoms with Gasteiger partial charge in [-0.3, -0.25) is 4.99 Å². The van der Waals surface area contributed by atoms with Crippen molar-refractivity contribution in [3.05, 3.63) is 36.0 Å². The molecule has 3 heterocycles. The molecular formula is C23H29N5O3S2. The zero-order valence-corrected chi connectivity index (χ0v) is 20.7. The summed E-state index contributed by atoms with van der Waals surface area (Å²) in [4.78, 5) is 16.3. The summed E-state index contributed by atoms with van der Waals surface area (Å²) in [5.41, 5.74) is 7.87. The summed E-state index contributed by atoms with van der Waals surface area (Å²) in [5, 5.41) is 0.145. The Balaban J connectivity index is 1.62. The van der Waals surface area contributed by atoms with Crippen molar-refractivity contribution in [2.45, 2.75) is 55.7 Å². The highest BCUT2D eigenvalue weighted by atomic mass is 32.3. The standard InChI is InChI=1S/C23H29N5O3S2/c1-14-13-31-11-10-28(14)20-12-19(26-21(27-20)17-4-6-18(24)7-5-17)23(8-9-23)33(29,30)22-25-15(2)16(3)32-22/h4-7,12,14-16H,8-11,13,24H2,1-3H3/t14-,15?,16?/m0/s1. The average molecular weight is 488 g/mol. The van der Waals surface area contributed by atoms with Crippen molar-refractivity contribution in [1.29, 1.82) is 0 Å². The van der Waals surface area contributed by atoms with Crippen LogP contribution in [-0.4, -0.2) is 59.9 Å². The third kappa shape index (κ3) is 3.91. The van der Waals surface area contributed by atoms with Crippen molar-refractivity contribution in [3.63, 3.8) is 0 Å². The molecule has 1 aliphatic carbocycles. The number of hydrogen-bond donors (Lipinski definition) is 1. The Morgan fingerprint density at radius 2 is 1.88 bits per heavy atom. The number of aliphatic imine (C=N–C) groups is 1. The Kier molecular flexibility index (Phi) is 5.65. The number of benzene rings is 1. The van der Waals surface area contributed by atoms with E-state index in [0.717, 1.165) is 11.4 Å². The van der Waals surface area contributed by atoms with Crippen molar-refractivity contribution in [3.8, 4) is 11.4 Å². The van der Waals surface area contributed by atoms with E-state index in [9.17, 15) is 8.42 Å². The summed E-state index contributed by atoms with van der Waals surface area (Å²) in [6, 6.07) is 9.32. The van der Waals surface area contributed by atoms with Crippen molar-refractivity contribution in [2.24, 2.45) is 4.99 Å². The molecule has 2 N–H and O–H groups in total. The number of nitrogen functional groups attached to an aromatic ring is 1. The van der Waals surface area contributed by atoms with E-state index in [-0.39, 0.29) is 21.7 Å². The number of rotatable bonds is 4. The molecular weight excluding hydrogens is 458 g/mol. The molecule has 5 rings (SSSR count). The maximum Gasteiger partial charge on any atom is 0.212 e. The highest BCUT2D eigenvalue weighted by Crippen LogP contribution is 2.55. The second-order valence-corrected chi connectivity index (χ2v) is 12.9. The summed E-state index contributed by atoms with van der Waals surface area (Å²) in [7, 11) is -3.65. The molecule has 2 unspecified atom stereocenters. The van der Waals surface area contributed by atoms with Crippen molar-refractivity contribution in [2.75, 3.05) is 30.4 Å². The van der Waals surface area contributed by atoms with Gasteiger partial charge >= 0.3 is 0 Å². The first-order valence-electron chi connectivity index (χ1n) is 11.3. The third-order valence-electron chi connectivity index (χ3n) is 6.73. The maximum absolute atomic E-state index is 13.8. The van der Waals surface area contributed by atoms with Gasteiger partial charge in [0.15, 0.2) is 10.2 Å². The van der Waals surface area contributed by atoms with Gasteiger partial charge in [0.05, 0.1) is 31.0 Å². The van der Waals surface area contributed by atoms with E-state index in [0.29, 0.717) is 49.8 Å². The van der Waals surface area contributed by atoms with Gasteiger partial charge in [-0.1, -0.05) is 18.7 Å². The summed E-state index contributed by atoms with van der Waals surface area (Å²) in [5.74, 6) is 1.23. The molecule has 33 heavy (non-hydrogen) atoms. The fraction of sp³-hybridized carbons (Fsp3) is 0.522. The second-order valence-electron chi connectivity index (χ2n) is 9.13. The van der Waals surface area contributed by atoms with Gasteiger partial charge in [0, 0.05) is 29.1 Å². The van der Waals surface area contributed by atoms with Crippen LogP contribution in [0, 0.1) is 0 Å². The predicted molar refractivity (Wildman–Crippen MR) is 133 cm³/mol. The monoisotopic (exact) mass is 487 g/mol. The highest BCUT2D eigenvalue weighted by Gasteiger charge is 2.60. The zero-order chi connectivity index (χ0) is 23.4. The van der Waals surface area contributed by atoms with Crippen molar-refractivity contribution in [1.82, 2.24) is 9.97 Å². The minimum atomic E-state index is -3.65. The van der Waals surface area contributed by atoms with E-state index in [4.69, 9.17) is 20.4 Å². The second kappa shape index (κ2) is 8.25. The molecule has 2 aromatic rings. The van der Waals surface area contributed by atoms with Crippen LogP contribution < -0.4 is 10.6 Å². The Labute approximate surface area is 199 Å². The quantitative estimate of drug-likeness (QED) is 0.655. The van der Waals surface area contributed by atoms with Gasteiger partial charge in [-0.25, -0.2) is 18.4 Å². The lowest BCUT2D eigenvalue weighted by atomic mass is 10.1. The first-order valence-corrected chi connectivity index (χ1v) is 13.7. The van der Waals surface area contributed by atoms with Gasteiger partial charge in [-0.05, 0) is 51.0 Å². The van der Waals surface area contributed by atoms with Gasteiger partial charge in [-0.2, -0.15) is 0 Å². The molecule has 2 aliphatic heterocycles. The van der Waals surface area contributed by atoms with Crippen LogP contribution in [0.3, 0.4) is 0 Å². The fourth-order valence-electron chi connectivity index (χ4n) is 4.28. The lowest BCUT2D eigenvalue weighted by Gasteiger charge is -2.34. The van der Waals surface area contributed by atoms with Crippen LogP contribution >= 0.6 is 11.8 Å². The molecule has 8 nitrogen and oxygen atoms in total. The van der Waals surface area contributed by atoms with Gasteiger partial charge < -0.3 is 15.4 Å². The van der Waals surface area contributed by atoms with E-state index < -0.39 is 14.6 Å². The molecule has 10 heteroatoms. The number of thioether (sulfide) groups is 1. The Morgan fingerprint density at radius 3 is 2.48 bits per heavy atom. The summed E-state index contributed by atoms with van der Waals surface area (Å²) < 4.78 is 32.4. The van der Waals surface area contributed by atoms with Gasteiger partial charge in [0.1, 0.15) is 10.6 Å². The zero-order valence-electron chi connectivity index (χ0n) is 19.1. The number of hydrogen-bond acceptors (Lipinski definition) is 9. The minimum absolute atomic E-state index is 0.0175. The normalized spacial score (nSPS) is 26.8. The molecule has 1 aromatic heterocycles. The first kappa shape index (κ1) is 22.6. The topological polar surface area (TPSA) is 111 Å². The van der Waals surface area contributed by atoms with Crippen LogP contribution in [0.1, 0.15) is 39.3 Å². The Bertz CT molecular complexity index is 1200. The van der Waals surface area contributed by atoms with E-state index in [1.807, 2.05) is 32.0 Å². The van der Waals surface area contributed by atoms with Crippen LogP contribution in [-0.2, 0) is 19.3 Å². The van der Waals surface area contributed by atoms with Crippen LogP contribution in [0.4, 0.5) is 11.5 Å². The lowest BCUT2D eigenvalue weighted by Crippen LogP contribution is -2.44. The number of sulfone groups is 1. The van der Waals surface area contributed by atoms with Gasteiger partial charge in [-0.15, -0.1) is 0 Å². The molecule has 2 fully saturated rings. The number of nitrogens with two attached hydrogens (primary N) is 1. The molecule has 1 saturated carbocycles. The molecule has 3 aliphatic rings. The Hall–Kier alpha value is -2.17. The summed E-state index contributed by atoms with van der Waals surface area (Å²) in [6.07, 6.45) is 1.07. The van der Waals surface area contributed by atoms with E-state index >= 15 is 0 Å². The number of nitrogens with zero attached hydrogens (tertiary/aromatic N) is 4. The summed E-state index contributed by atoms with van der Waals surface area (Å²) >= 11 is 1.35. The van der Waals surface area contributed by atoms with E-state index in [1.165, 1.54) is 11.8 Å². The van der Waals surface area contributed by atoms with Gasteiger partial charge in [0.25, 0.3) is 0 Å². The van der Waals surface area contributed by atoms with Crippen LogP contribution in [0.15, 0.2) is 35.3 Å². The van der Waals surface area contributed by atoms with Crippen LogP contribution in [0.2, 0.25) is 0 Å². The van der Waals surface area contributed by atoms with E-state index in [2.05, 4.69) is 16.8 Å². The van der Waals surface area contributed by atoms with Crippen LogP contribution in [0.5, 0.6) is 0 Å². The lowest BCUT2D eigenvalue weighted by molar-refractivity contribution is 0.0985. The van der Waals surface area contributed by atoms with Gasteiger partial charge in [0.2, 0.25) is 9.84 Å². The number of morpholine rings is 1. The highest BCUT2D eigenvalue weighted by molar-refractivity contribution is 8.36. The average Bonchev–Trinajstić information content (AvgIpc) is 3.55. The maximum atomic E-state index is 13.8.